The number of benzene rings is 1. The van der Waals surface area contributed by atoms with Crippen LogP contribution in [0.3, 0.4) is 0 Å². The van der Waals surface area contributed by atoms with Crippen LogP contribution < -0.4 is 4.90 Å². The van der Waals surface area contributed by atoms with E-state index in [1.165, 1.54) is 6.07 Å². The first-order valence-electron chi connectivity index (χ1n) is 6.00. The summed E-state index contributed by atoms with van der Waals surface area (Å²) in [5, 5.41) is 0. The number of hydrogen-bond acceptors (Lipinski definition) is 2. The fourth-order valence-electron chi connectivity index (χ4n) is 2.23. The molecule has 0 aromatic heterocycles. The molecule has 0 radical (unpaired) electrons. The van der Waals surface area contributed by atoms with E-state index in [0.29, 0.717) is 5.56 Å². The van der Waals surface area contributed by atoms with E-state index in [2.05, 4.69) is 0 Å². The van der Waals surface area contributed by atoms with Gasteiger partial charge in [0.05, 0.1) is 5.56 Å². The molecule has 106 valence electrons. The summed E-state index contributed by atoms with van der Waals surface area (Å²) in [6.45, 7) is 0. The first kappa shape index (κ1) is 14.9. The summed E-state index contributed by atoms with van der Waals surface area (Å²) in [6, 6.07) is 4.52. The molecule has 2 rings (SSSR count). The fourth-order valence-corrected chi connectivity index (χ4v) is 3.66. The zero-order valence-electron chi connectivity index (χ0n) is 10.5. The summed E-state index contributed by atoms with van der Waals surface area (Å²) in [5.41, 5.74) is 0.144. The van der Waals surface area contributed by atoms with Crippen LogP contribution in [0.2, 0.25) is 0 Å². The molecule has 1 fully saturated rings. The first-order chi connectivity index (χ1) is 8.93. The van der Waals surface area contributed by atoms with Crippen molar-refractivity contribution in [2.45, 2.75) is 24.5 Å². The minimum atomic E-state index is -4.35. The van der Waals surface area contributed by atoms with Crippen molar-refractivity contribution in [3.63, 3.8) is 0 Å². The highest BCUT2D eigenvalue weighted by molar-refractivity contribution is 7.99. The summed E-state index contributed by atoms with van der Waals surface area (Å²) < 4.78 is 39.4. The smallest absolute Gasteiger partial charge is 0.370 e. The minimum absolute atomic E-state index is 0.0896. The van der Waals surface area contributed by atoms with Gasteiger partial charge in [0.1, 0.15) is 0 Å². The van der Waals surface area contributed by atoms with E-state index >= 15 is 0 Å². The Hall–Kier alpha value is -0.550. The first-order valence-corrected chi connectivity index (χ1v) is 7.69. The summed E-state index contributed by atoms with van der Waals surface area (Å²) in [5.74, 6) is 1.98. The highest BCUT2D eigenvalue weighted by atomic mass is 35.5. The molecular formula is C13H15ClF3NS. The van der Waals surface area contributed by atoms with Crippen LogP contribution in [0, 0.1) is 0 Å². The zero-order chi connectivity index (χ0) is 14.0. The van der Waals surface area contributed by atoms with Crippen LogP contribution in [-0.2, 0) is 12.1 Å². The van der Waals surface area contributed by atoms with Gasteiger partial charge in [0, 0.05) is 30.4 Å². The van der Waals surface area contributed by atoms with Crippen molar-refractivity contribution >= 4 is 29.1 Å². The average Bonchev–Trinajstić information content (AvgIpc) is 2.90. The Bertz CT molecular complexity index is 444. The van der Waals surface area contributed by atoms with Gasteiger partial charge in [-0.15, -0.1) is 11.6 Å². The van der Waals surface area contributed by atoms with Gasteiger partial charge in [-0.3, -0.25) is 0 Å². The Balaban J connectivity index is 2.38. The normalized spacial score (nSPS) is 19.7. The molecule has 1 aromatic carbocycles. The van der Waals surface area contributed by atoms with Crippen LogP contribution in [0.5, 0.6) is 0 Å². The van der Waals surface area contributed by atoms with Gasteiger partial charge < -0.3 is 4.90 Å². The second-order valence-corrected chi connectivity index (χ2v) is 6.03. The molecule has 1 nitrogen and oxygen atoms in total. The van der Waals surface area contributed by atoms with Gasteiger partial charge in [-0.1, -0.05) is 6.07 Å². The van der Waals surface area contributed by atoms with Crippen molar-refractivity contribution < 1.29 is 13.2 Å². The quantitative estimate of drug-likeness (QED) is 0.762. The number of alkyl halides is 4. The molecule has 1 saturated heterocycles. The summed E-state index contributed by atoms with van der Waals surface area (Å²) in [4.78, 5) is 1.75. The Labute approximate surface area is 120 Å². The topological polar surface area (TPSA) is 3.24 Å². The molecular weight excluding hydrogens is 295 g/mol. The largest absolute Gasteiger partial charge is 0.418 e. The molecule has 0 bridgehead atoms. The summed E-state index contributed by atoms with van der Waals surface area (Å²) >= 11 is 7.41. The molecule has 0 N–H and O–H groups in total. The lowest BCUT2D eigenvalue weighted by atomic mass is 10.1. The molecule has 0 spiro atoms. The molecule has 1 atom stereocenters. The molecule has 1 unspecified atom stereocenters. The lowest BCUT2D eigenvalue weighted by Crippen LogP contribution is -2.33. The minimum Gasteiger partial charge on any atom is -0.370 e. The van der Waals surface area contributed by atoms with Gasteiger partial charge in [0.15, 0.2) is 0 Å². The van der Waals surface area contributed by atoms with E-state index in [4.69, 9.17) is 11.6 Å². The van der Waals surface area contributed by atoms with E-state index in [0.717, 1.165) is 24.0 Å². The molecule has 1 heterocycles. The maximum atomic E-state index is 13.1. The Morgan fingerprint density at radius 1 is 1.42 bits per heavy atom. The number of rotatable bonds is 3. The van der Waals surface area contributed by atoms with Crippen LogP contribution in [-0.4, -0.2) is 24.6 Å². The van der Waals surface area contributed by atoms with Crippen molar-refractivity contribution in [2.24, 2.45) is 0 Å². The molecule has 0 saturated carbocycles. The Kier molecular flexibility index (Phi) is 4.56. The third kappa shape index (κ3) is 3.31. The molecule has 1 aromatic rings. The maximum absolute atomic E-state index is 13.1. The number of anilines is 1. The molecule has 0 aliphatic carbocycles. The van der Waals surface area contributed by atoms with Crippen LogP contribution in [0.15, 0.2) is 18.2 Å². The third-order valence-electron chi connectivity index (χ3n) is 3.35. The van der Waals surface area contributed by atoms with Gasteiger partial charge >= 0.3 is 6.18 Å². The average molecular weight is 310 g/mol. The number of nitrogens with zero attached hydrogens (tertiary/aromatic N) is 1. The molecule has 1 aliphatic rings. The third-order valence-corrected chi connectivity index (χ3v) is 4.81. The van der Waals surface area contributed by atoms with Crippen LogP contribution in [0.4, 0.5) is 18.9 Å². The highest BCUT2D eigenvalue weighted by Crippen LogP contribution is 2.39. The zero-order valence-corrected chi connectivity index (χ0v) is 12.1. The van der Waals surface area contributed by atoms with Crippen LogP contribution in [0.1, 0.15) is 17.5 Å². The molecule has 0 amide bonds. The van der Waals surface area contributed by atoms with Gasteiger partial charge in [0.2, 0.25) is 0 Å². The summed E-state index contributed by atoms with van der Waals surface area (Å²) in [6.07, 6.45) is -3.42. The predicted octanol–water partition coefficient (Wildman–Crippen LogP) is 4.39. The molecule has 6 heteroatoms. The van der Waals surface area contributed by atoms with Crippen molar-refractivity contribution in [1.29, 1.82) is 0 Å². The number of hydrogen-bond donors (Lipinski definition) is 0. The lowest BCUT2D eigenvalue weighted by molar-refractivity contribution is -0.137. The van der Waals surface area contributed by atoms with Gasteiger partial charge in [-0.25, -0.2) is 0 Å². The Morgan fingerprint density at radius 3 is 2.68 bits per heavy atom. The highest BCUT2D eigenvalue weighted by Gasteiger charge is 2.36. The standard InChI is InChI=1S/C13H15ClF3NS/c1-18(10-4-5-19-8-10)12-3-2-9(7-14)6-11(12)13(15,16)17/h2-3,6,10H,4-5,7-8H2,1H3. The number of thioether (sulfide) groups is 1. The van der Waals surface area contributed by atoms with Gasteiger partial charge in [0.25, 0.3) is 0 Å². The molecule has 19 heavy (non-hydrogen) atoms. The van der Waals surface area contributed by atoms with Gasteiger partial charge in [-0.05, 0) is 29.9 Å². The SMILES string of the molecule is CN(c1ccc(CCl)cc1C(F)(F)F)C1CCSC1. The van der Waals surface area contributed by atoms with Crippen LogP contribution in [0.25, 0.3) is 0 Å². The van der Waals surface area contributed by atoms with E-state index in [-0.39, 0.29) is 17.6 Å². The van der Waals surface area contributed by atoms with Crippen molar-refractivity contribution in [3.8, 4) is 0 Å². The Morgan fingerprint density at radius 2 is 2.16 bits per heavy atom. The molecule has 1 aliphatic heterocycles. The number of halogens is 4. The van der Waals surface area contributed by atoms with Gasteiger partial charge in [-0.2, -0.15) is 24.9 Å². The second-order valence-electron chi connectivity index (χ2n) is 4.61. The maximum Gasteiger partial charge on any atom is 0.418 e. The summed E-state index contributed by atoms with van der Waals surface area (Å²) in [7, 11) is 1.74. The van der Waals surface area contributed by atoms with Crippen molar-refractivity contribution in [1.82, 2.24) is 0 Å². The lowest BCUT2D eigenvalue weighted by Gasteiger charge is -2.29. The van der Waals surface area contributed by atoms with E-state index in [9.17, 15) is 13.2 Å². The predicted molar refractivity (Wildman–Crippen MR) is 75.1 cm³/mol. The van der Waals surface area contributed by atoms with Crippen molar-refractivity contribution in [2.75, 3.05) is 23.5 Å². The monoisotopic (exact) mass is 309 g/mol. The van der Waals surface area contributed by atoms with E-state index in [1.54, 1.807) is 29.8 Å². The van der Waals surface area contributed by atoms with E-state index < -0.39 is 11.7 Å². The van der Waals surface area contributed by atoms with Crippen LogP contribution >= 0.6 is 23.4 Å². The van der Waals surface area contributed by atoms with Crippen molar-refractivity contribution in [3.05, 3.63) is 29.3 Å². The van der Waals surface area contributed by atoms with E-state index in [1.807, 2.05) is 0 Å². The fraction of sp³-hybridized carbons (Fsp3) is 0.538. The second kappa shape index (κ2) is 5.83.